The van der Waals surface area contributed by atoms with Crippen LogP contribution in [0.15, 0.2) is 30.8 Å². The van der Waals surface area contributed by atoms with E-state index in [1.165, 1.54) is 5.69 Å². The Hall–Kier alpha value is -1.48. The first kappa shape index (κ1) is 10.1. The van der Waals surface area contributed by atoms with Gasteiger partial charge in [-0.05, 0) is 17.7 Å². The summed E-state index contributed by atoms with van der Waals surface area (Å²) in [5.41, 5.74) is 8.45. The van der Waals surface area contributed by atoms with Gasteiger partial charge in [-0.25, -0.2) is 0 Å². The van der Waals surface area contributed by atoms with Crippen LogP contribution in [0, 0.1) is 0 Å². The molecule has 0 unspecified atom stereocenters. The normalized spacial score (nSPS) is 16.4. The summed E-state index contributed by atoms with van der Waals surface area (Å²) in [5, 5.41) is 0. The smallest absolute Gasteiger partial charge is 0.0642 e. The second-order valence-corrected chi connectivity index (χ2v) is 3.67. The molecule has 0 aliphatic carbocycles. The summed E-state index contributed by atoms with van der Waals surface area (Å²) in [5.74, 6) is 0. The lowest BCUT2D eigenvalue weighted by molar-refractivity contribution is 0.122. The molecule has 2 rings (SSSR count). The molecule has 3 nitrogen and oxygen atoms in total. The zero-order valence-corrected chi connectivity index (χ0v) is 8.78. The molecule has 0 amide bonds. The van der Waals surface area contributed by atoms with E-state index < -0.39 is 0 Å². The number of ether oxygens (including phenoxy) is 1. The molecule has 1 fully saturated rings. The van der Waals surface area contributed by atoms with Gasteiger partial charge in [0.1, 0.15) is 0 Å². The molecule has 1 aromatic carbocycles. The topological polar surface area (TPSA) is 38.5 Å². The van der Waals surface area contributed by atoms with Gasteiger partial charge in [0, 0.05) is 24.5 Å². The summed E-state index contributed by atoms with van der Waals surface area (Å²) >= 11 is 0. The molecule has 3 heteroatoms. The summed E-state index contributed by atoms with van der Waals surface area (Å²) in [4.78, 5) is 2.31. The fourth-order valence-electron chi connectivity index (χ4n) is 1.71. The van der Waals surface area contributed by atoms with Gasteiger partial charge in [0.05, 0.1) is 13.2 Å². The summed E-state index contributed by atoms with van der Waals surface area (Å²) in [6, 6.07) is 8.18. The maximum Gasteiger partial charge on any atom is 0.0642 e. The monoisotopic (exact) mass is 204 g/mol. The van der Waals surface area contributed by atoms with Crippen LogP contribution in [0.25, 0.3) is 5.70 Å². The molecule has 0 bridgehead atoms. The molecule has 15 heavy (non-hydrogen) atoms. The lowest BCUT2D eigenvalue weighted by Crippen LogP contribution is -2.36. The number of nitrogens with two attached hydrogens (primary N) is 1. The predicted octanol–water partition coefficient (Wildman–Crippen LogP) is 1.45. The van der Waals surface area contributed by atoms with Crippen LogP contribution in [0.3, 0.4) is 0 Å². The van der Waals surface area contributed by atoms with Crippen molar-refractivity contribution in [2.75, 3.05) is 31.2 Å². The molecule has 1 aromatic rings. The molecule has 0 aromatic heterocycles. The van der Waals surface area contributed by atoms with Crippen molar-refractivity contribution in [1.82, 2.24) is 0 Å². The molecule has 1 aliphatic heterocycles. The highest BCUT2D eigenvalue weighted by Crippen LogP contribution is 2.18. The standard InChI is InChI=1S/C12H16N2O/c1-10(13)11-2-4-12(5-3-11)14-6-8-15-9-7-14/h2-5H,1,6-9,13H2. The predicted molar refractivity (Wildman–Crippen MR) is 62.7 cm³/mol. The minimum atomic E-state index is 0.614. The van der Waals surface area contributed by atoms with E-state index in [1.54, 1.807) is 0 Å². The Labute approximate surface area is 90.1 Å². The summed E-state index contributed by atoms with van der Waals surface area (Å²) in [6.07, 6.45) is 0. The molecule has 2 N–H and O–H groups in total. The first-order valence-electron chi connectivity index (χ1n) is 5.15. The van der Waals surface area contributed by atoms with E-state index >= 15 is 0 Å². The Balaban J connectivity index is 2.11. The average molecular weight is 204 g/mol. The minimum Gasteiger partial charge on any atom is -0.399 e. The van der Waals surface area contributed by atoms with Gasteiger partial charge in [0.2, 0.25) is 0 Å². The maximum absolute atomic E-state index is 5.61. The van der Waals surface area contributed by atoms with Gasteiger partial charge in [0.15, 0.2) is 0 Å². The van der Waals surface area contributed by atoms with Crippen LogP contribution in [0.5, 0.6) is 0 Å². The first-order chi connectivity index (χ1) is 7.27. The number of rotatable bonds is 2. The molecule has 0 atom stereocenters. The molecule has 1 heterocycles. The van der Waals surface area contributed by atoms with Crippen molar-refractivity contribution in [3.8, 4) is 0 Å². The number of anilines is 1. The molecule has 1 aliphatic rings. The third-order valence-corrected chi connectivity index (χ3v) is 2.61. The molecule has 0 radical (unpaired) electrons. The second kappa shape index (κ2) is 4.36. The zero-order chi connectivity index (χ0) is 10.7. The molecular formula is C12H16N2O. The average Bonchev–Trinajstić information content (AvgIpc) is 2.30. The minimum absolute atomic E-state index is 0.614. The molecular weight excluding hydrogens is 188 g/mol. The third-order valence-electron chi connectivity index (χ3n) is 2.61. The van der Waals surface area contributed by atoms with Gasteiger partial charge in [-0.1, -0.05) is 18.7 Å². The van der Waals surface area contributed by atoms with Gasteiger partial charge >= 0.3 is 0 Å². The quantitative estimate of drug-likeness (QED) is 0.792. The highest BCUT2D eigenvalue weighted by molar-refractivity contribution is 5.63. The van der Waals surface area contributed by atoms with E-state index in [1.807, 2.05) is 12.1 Å². The van der Waals surface area contributed by atoms with Crippen LogP contribution < -0.4 is 10.6 Å². The van der Waals surface area contributed by atoms with E-state index in [0.29, 0.717) is 5.70 Å². The molecule has 80 valence electrons. The van der Waals surface area contributed by atoms with Gasteiger partial charge in [-0.2, -0.15) is 0 Å². The fourth-order valence-corrected chi connectivity index (χ4v) is 1.71. The maximum atomic E-state index is 5.61. The van der Waals surface area contributed by atoms with E-state index in [2.05, 4.69) is 23.6 Å². The summed E-state index contributed by atoms with van der Waals surface area (Å²) in [6.45, 7) is 7.26. The van der Waals surface area contributed by atoms with Crippen LogP contribution in [0.4, 0.5) is 5.69 Å². The molecule has 1 saturated heterocycles. The number of hydrogen-bond donors (Lipinski definition) is 1. The van der Waals surface area contributed by atoms with Gasteiger partial charge in [-0.3, -0.25) is 0 Å². The van der Waals surface area contributed by atoms with Crippen molar-refractivity contribution >= 4 is 11.4 Å². The SMILES string of the molecule is C=C(N)c1ccc(N2CCOCC2)cc1. The molecule has 0 spiro atoms. The van der Waals surface area contributed by atoms with Crippen molar-refractivity contribution in [1.29, 1.82) is 0 Å². The van der Waals surface area contributed by atoms with Crippen molar-refractivity contribution in [2.45, 2.75) is 0 Å². The molecule has 0 saturated carbocycles. The lowest BCUT2D eigenvalue weighted by Gasteiger charge is -2.28. The van der Waals surface area contributed by atoms with E-state index in [-0.39, 0.29) is 0 Å². The van der Waals surface area contributed by atoms with Crippen LogP contribution in [0.1, 0.15) is 5.56 Å². The van der Waals surface area contributed by atoms with Crippen LogP contribution in [-0.4, -0.2) is 26.3 Å². The Kier molecular flexibility index (Phi) is 2.92. The third kappa shape index (κ3) is 2.30. The Bertz CT molecular complexity index is 339. The Morgan fingerprint density at radius 3 is 2.33 bits per heavy atom. The fraction of sp³-hybridized carbons (Fsp3) is 0.333. The highest BCUT2D eigenvalue weighted by Gasteiger charge is 2.10. The number of hydrogen-bond acceptors (Lipinski definition) is 3. The Morgan fingerprint density at radius 1 is 1.20 bits per heavy atom. The second-order valence-electron chi connectivity index (χ2n) is 3.67. The van der Waals surface area contributed by atoms with Crippen molar-refractivity contribution in [3.05, 3.63) is 36.4 Å². The van der Waals surface area contributed by atoms with Crippen molar-refractivity contribution < 1.29 is 4.74 Å². The highest BCUT2D eigenvalue weighted by atomic mass is 16.5. The Morgan fingerprint density at radius 2 is 1.80 bits per heavy atom. The van der Waals surface area contributed by atoms with E-state index in [9.17, 15) is 0 Å². The van der Waals surface area contributed by atoms with Gasteiger partial charge < -0.3 is 15.4 Å². The van der Waals surface area contributed by atoms with E-state index in [4.69, 9.17) is 10.5 Å². The van der Waals surface area contributed by atoms with Gasteiger partial charge in [-0.15, -0.1) is 0 Å². The largest absolute Gasteiger partial charge is 0.399 e. The zero-order valence-electron chi connectivity index (χ0n) is 8.78. The van der Waals surface area contributed by atoms with Gasteiger partial charge in [0.25, 0.3) is 0 Å². The number of nitrogens with zero attached hydrogens (tertiary/aromatic N) is 1. The number of morpholine rings is 1. The summed E-state index contributed by atoms with van der Waals surface area (Å²) in [7, 11) is 0. The van der Waals surface area contributed by atoms with Crippen molar-refractivity contribution in [2.24, 2.45) is 5.73 Å². The number of benzene rings is 1. The van der Waals surface area contributed by atoms with Crippen LogP contribution >= 0.6 is 0 Å². The van der Waals surface area contributed by atoms with E-state index in [0.717, 1.165) is 31.9 Å². The lowest BCUT2D eigenvalue weighted by atomic mass is 10.1. The van der Waals surface area contributed by atoms with Crippen LogP contribution in [-0.2, 0) is 4.74 Å². The first-order valence-corrected chi connectivity index (χ1v) is 5.15. The van der Waals surface area contributed by atoms with Crippen molar-refractivity contribution in [3.63, 3.8) is 0 Å². The summed E-state index contributed by atoms with van der Waals surface area (Å²) < 4.78 is 5.31. The van der Waals surface area contributed by atoms with Crippen LogP contribution in [0.2, 0.25) is 0 Å².